The number of carbonyl (C=O) groups excluding carboxylic acids is 1. The predicted octanol–water partition coefficient (Wildman–Crippen LogP) is 3.04. The van der Waals surface area contributed by atoms with Crippen LogP contribution in [0.15, 0.2) is 59.4 Å². The van der Waals surface area contributed by atoms with Gasteiger partial charge in [-0.3, -0.25) is 14.2 Å². The number of nitrogens with zero attached hydrogens (tertiary/aromatic N) is 4. The van der Waals surface area contributed by atoms with E-state index in [1.807, 2.05) is 11.8 Å². The summed E-state index contributed by atoms with van der Waals surface area (Å²) in [4.78, 5) is 34.8. The Hall–Kier alpha value is -3.45. The van der Waals surface area contributed by atoms with Gasteiger partial charge in [0.25, 0.3) is 11.5 Å². The molecule has 0 aliphatic carbocycles. The highest BCUT2D eigenvalue weighted by Crippen LogP contribution is 2.20. The van der Waals surface area contributed by atoms with E-state index in [2.05, 4.69) is 23.5 Å². The van der Waals surface area contributed by atoms with Crippen LogP contribution in [0, 0.1) is 6.92 Å². The van der Waals surface area contributed by atoms with Crippen molar-refractivity contribution < 1.29 is 9.53 Å². The number of aromatic nitrogens is 2. The summed E-state index contributed by atoms with van der Waals surface area (Å²) in [7, 11) is 2.06. The van der Waals surface area contributed by atoms with Crippen LogP contribution >= 0.6 is 0 Å². The van der Waals surface area contributed by atoms with Crippen LogP contribution in [-0.4, -0.2) is 65.1 Å². The smallest absolute Gasteiger partial charge is 0.266 e. The predicted molar refractivity (Wildman–Crippen MR) is 126 cm³/mol. The Labute approximate surface area is 187 Å². The summed E-state index contributed by atoms with van der Waals surface area (Å²) in [5, 5.41) is 0.479. The lowest BCUT2D eigenvalue weighted by molar-refractivity contribution is 0.0664. The zero-order chi connectivity index (χ0) is 22.8. The van der Waals surface area contributed by atoms with E-state index in [0.717, 1.165) is 31.8 Å². The van der Waals surface area contributed by atoms with Crippen LogP contribution in [0.4, 0.5) is 0 Å². The lowest BCUT2D eigenvalue weighted by atomic mass is 10.1. The molecule has 1 aromatic heterocycles. The zero-order valence-electron chi connectivity index (χ0n) is 18.8. The fourth-order valence-electron chi connectivity index (χ4n) is 3.82. The standard InChI is InChI=1S/C25H28N4O3/c1-17(2)16-32-21-9-10-23-22(15-21)25(31)29(18(3)26-23)20-7-5-19(6-8-20)24(30)28-13-11-27(4)12-14-28/h5-10,15H,1,11-14,16H2,2-4H3. The maximum atomic E-state index is 13.3. The van der Waals surface area contributed by atoms with Crippen molar-refractivity contribution in [3.05, 3.63) is 76.4 Å². The molecule has 0 spiro atoms. The van der Waals surface area contributed by atoms with Crippen LogP contribution in [0.1, 0.15) is 23.1 Å². The number of rotatable bonds is 5. The van der Waals surface area contributed by atoms with E-state index in [0.29, 0.717) is 40.3 Å². The van der Waals surface area contributed by atoms with E-state index in [1.165, 1.54) is 0 Å². The average Bonchev–Trinajstić information content (AvgIpc) is 2.78. The van der Waals surface area contributed by atoms with Crippen molar-refractivity contribution in [3.63, 3.8) is 0 Å². The summed E-state index contributed by atoms with van der Waals surface area (Å²) in [5.74, 6) is 1.20. The number of amides is 1. The topological polar surface area (TPSA) is 67.7 Å². The first kappa shape index (κ1) is 21.8. The molecule has 1 aliphatic heterocycles. The lowest BCUT2D eigenvalue weighted by Gasteiger charge is -2.32. The second-order valence-electron chi connectivity index (χ2n) is 8.37. The third kappa shape index (κ3) is 4.43. The van der Waals surface area contributed by atoms with Gasteiger partial charge in [0.1, 0.15) is 18.2 Å². The molecule has 0 radical (unpaired) electrons. The number of aryl methyl sites for hydroxylation is 1. The van der Waals surface area contributed by atoms with Gasteiger partial charge in [-0.25, -0.2) is 4.98 Å². The van der Waals surface area contributed by atoms with Crippen LogP contribution in [0.25, 0.3) is 16.6 Å². The number of benzene rings is 2. The first-order valence-corrected chi connectivity index (χ1v) is 10.7. The number of fused-ring (bicyclic) bond motifs is 1. The Morgan fingerprint density at radius 2 is 1.78 bits per heavy atom. The average molecular weight is 433 g/mol. The van der Waals surface area contributed by atoms with Crippen molar-refractivity contribution in [2.45, 2.75) is 13.8 Å². The molecule has 0 N–H and O–H groups in total. The van der Waals surface area contributed by atoms with Crippen LogP contribution in [-0.2, 0) is 0 Å². The highest BCUT2D eigenvalue weighted by Gasteiger charge is 2.20. The Bertz CT molecular complexity index is 1220. The van der Waals surface area contributed by atoms with Gasteiger partial charge in [0.2, 0.25) is 0 Å². The monoisotopic (exact) mass is 432 g/mol. The highest BCUT2D eigenvalue weighted by molar-refractivity contribution is 5.94. The maximum absolute atomic E-state index is 13.3. The molecule has 0 saturated carbocycles. The van der Waals surface area contributed by atoms with Gasteiger partial charge in [-0.2, -0.15) is 0 Å². The van der Waals surface area contributed by atoms with Crippen LogP contribution in [0.3, 0.4) is 0 Å². The summed E-state index contributed by atoms with van der Waals surface area (Å²) in [6.45, 7) is 11.1. The molecule has 0 atom stereocenters. The second kappa shape index (κ2) is 8.96. The van der Waals surface area contributed by atoms with Gasteiger partial charge >= 0.3 is 0 Å². The van der Waals surface area contributed by atoms with Gasteiger partial charge in [0.15, 0.2) is 0 Å². The minimum Gasteiger partial charge on any atom is -0.489 e. The first-order chi connectivity index (χ1) is 15.3. The van der Waals surface area contributed by atoms with E-state index in [9.17, 15) is 9.59 Å². The molecule has 166 valence electrons. The Morgan fingerprint density at radius 3 is 2.44 bits per heavy atom. The number of piperazine rings is 1. The van der Waals surface area contributed by atoms with Gasteiger partial charge in [0.05, 0.1) is 16.6 Å². The minimum absolute atomic E-state index is 0.0182. The quantitative estimate of drug-likeness (QED) is 0.580. The Balaban J connectivity index is 1.64. The van der Waals surface area contributed by atoms with Crippen molar-refractivity contribution in [3.8, 4) is 11.4 Å². The molecule has 7 heteroatoms. The molecule has 2 heterocycles. The molecule has 1 fully saturated rings. The highest BCUT2D eigenvalue weighted by atomic mass is 16.5. The van der Waals surface area contributed by atoms with Crippen molar-refractivity contribution in [2.75, 3.05) is 39.8 Å². The summed E-state index contributed by atoms with van der Waals surface area (Å²) in [5.41, 5.74) is 2.63. The summed E-state index contributed by atoms with van der Waals surface area (Å²) in [6.07, 6.45) is 0. The van der Waals surface area contributed by atoms with Crippen LogP contribution in [0.5, 0.6) is 5.75 Å². The molecule has 32 heavy (non-hydrogen) atoms. The molecule has 4 rings (SSSR count). The fraction of sp³-hybridized carbons (Fsp3) is 0.320. The second-order valence-corrected chi connectivity index (χ2v) is 8.37. The molecule has 2 aromatic carbocycles. The number of likely N-dealkylation sites (N-methyl/N-ethyl adjacent to an activating group) is 1. The molecule has 7 nitrogen and oxygen atoms in total. The summed E-state index contributed by atoms with van der Waals surface area (Å²) < 4.78 is 7.26. The molecule has 1 saturated heterocycles. The fourth-order valence-corrected chi connectivity index (χ4v) is 3.82. The van der Waals surface area contributed by atoms with E-state index in [4.69, 9.17) is 4.74 Å². The Kier molecular flexibility index (Phi) is 6.10. The number of ether oxygens (including phenoxy) is 1. The van der Waals surface area contributed by atoms with Crippen molar-refractivity contribution in [2.24, 2.45) is 0 Å². The van der Waals surface area contributed by atoms with Crippen molar-refractivity contribution in [1.29, 1.82) is 0 Å². The minimum atomic E-state index is -0.175. The normalized spacial score (nSPS) is 14.5. The van der Waals surface area contributed by atoms with Gasteiger partial charge < -0.3 is 14.5 Å². The molecule has 3 aromatic rings. The summed E-state index contributed by atoms with van der Waals surface area (Å²) in [6, 6.07) is 12.5. The van der Waals surface area contributed by atoms with Crippen molar-refractivity contribution in [1.82, 2.24) is 19.4 Å². The van der Waals surface area contributed by atoms with E-state index in [1.54, 1.807) is 54.0 Å². The molecular weight excluding hydrogens is 404 g/mol. The van der Waals surface area contributed by atoms with Gasteiger partial charge in [-0.05, 0) is 68.9 Å². The maximum Gasteiger partial charge on any atom is 0.266 e. The number of carbonyl (C=O) groups is 1. The SMILES string of the molecule is C=C(C)COc1ccc2nc(C)n(-c3ccc(C(=O)N4CCN(C)CC4)cc3)c(=O)c2c1. The molecule has 1 aliphatic rings. The third-order valence-electron chi connectivity index (χ3n) is 5.66. The Morgan fingerprint density at radius 1 is 1.09 bits per heavy atom. The lowest BCUT2D eigenvalue weighted by Crippen LogP contribution is -2.47. The molecule has 0 bridgehead atoms. The van der Waals surface area contributed by atoms with Crippen LogP contribution in [0.2, 0.25) is 0 Å². The van der Waals surface area contributed by atoms with E-state index < -0.39 is 0 Å². The third-order valence-corrected chi connectivity index (χ3v) is 5.66. The molecular formula is C25H28N4O3. The van der Waals surface area contributed by atoms with Gasteiger partial charge in [-0.1, -0.05) is 6.58 Å². The van der Waals surface area contributed by atoms with E-state index in [-0.39, 0.29) is 11.5 Å². The van der Waals surface area contributed by atoms with Gasteiger partial charge in [0, 0.05) is 31.7 Å². The number of hydrogen-bond donors (Lipinski definition) is 0. The van der Waals surface area contributed by atoms with Crippen molar-refractivity contribution >= 4 is 16.8 Å². The van der Waals surface area contributed by atoms with Gasteiger partial charge in [-0.15, -0.1) is 0 Å². The van der Waals surface area contributed by atoms with Crippen LogP contribution < -0.4 is 10.3 Å². The number of hydrogen-bond acceptors (Lipinski definition) is 5. The zero-order valence-corrected chi connectivity index (χ0v) is 18.8. The largest absolute Gasteiger partial charge is 0.489 e. The first-order valence-electron chi connectivity index (χ1n) is 10.7. The molecule has 0 unspecified atom stereocenters. The molecule has 1 amide bonds. The summed E-state index contributed by atoms with van der Waals surface area (Å²) >= 11 is 0. The van der Waals surface area contributed by atoms with E-state index >= 15 is 0 Å².